The smallest absolute Gasteiger partial charge is 0.0366 e. The molecular formula is C46H52N2. The van der Waals surface area contributed by atoms with Crippen LogP contribution < -0.4 is 9.80 Å². The number of nitrogens with zero attached hydrogens (tertiary/aromatic N) is 2. The lowest BCUT2D eigenvalue weighted by molar-refractivity contribution is 0.866. The molecule has 0 fully saturated rings. The summed E-state index contributed by atoms with van der Waals surface area (Å²) in [6.07, 6.45) is 4.68. The Balaban J connectivity index is 1.55. The zero-order valence-electron chi connectivity index (χ0n) is 30.3. The van der Waals surface area contributed by atoms with Crippen molar-refractivity contribution in [3.05, 3.63) is 165 Å². The minimum Gasteiger partial charge on any atom is -0.372 e. The van der Waals surface area contributed by atoms with E-state index in [0.717, 1.165) is 26.2 Å². The van der Waals surface area contributed by atoms with Crippen molar-refractivity contribution in [1.82, 2.24) is 0 Å². The lowest BCUT2D eigenvalue weighted by Crippen LogP contribution is -2.21. The maximum atomic E-state index is 2.39. The molecule has 2 nitrogen and oxygen atoms in total. The second-order valence-electron chi connectivity index (χ2n) is 12.9. The van der Waals surface area contributed by atoms with Gasteiger partial charge in [-0.2, -0.15) is 0 Å². The van der Waals surface area contributed by atoms with Crippen molar-refractivity contribution >= 4 is 34.7 Å². The van der Waals surface area contributed by atoms with Crippen molar-refractivity contribution in [1.29, 1.82) is 0 Å². The first kappa shape index (κ1) is 34.5. The molecule has 0 radical (unpaired) electrons. The number of benzene rings is 5. The van der Waals surface area contributed by atoms with Crippen LogP contribution in [-0.2, 0) is 0 Å². The quantitative estimate of drug-likeness (QED) is 0.126. The molecule has 0 saturated carbocycles. The fraction of sp³-hybridized carbons (Fsp3) is 0.261. The molecule has 0 aliphatic rings. The molecule has 5 aromatic rings. The maximum Gasteiger partial charge on any atom is 0.0366 e. The largest absolute Gasteiger partial charge is 0.372 e. The van der Waals surface area contributed by atoms with Crippen LogP contribution in [0, 0.1) is 27.7 Å². The fourth-order valence-electron chi connectivity index (χ4n) is 6.77. The summed E-state index contributed by atoms with van der Waals surface area (Å²) >= 11 is 0. The number of aryl methyl sites for hydroxylation is 4. The Morgan fingerprint density at radius 2 is 0.771 bits per heavy atom. The van der Waals surface area contributed by atoms with Gasteiger partial charge in [0.15, 0.2) is 0 Å². The van der Waals surface area contributed by atoms with Gasteiger partial charge in [0.25, 0.3) is 0 Å². The lowest BCUT2D eigenvalue weighted by atomic mass is 9.90. The monoisotopic (exact) mass is 632 g/mol. The fourth-order valence-corrected chi connectivity index (χ4v) is 6.77. The van der Waals surface area contributed by atoms with Crippen LogP contribution in [0.15, 0.2) is 109 Å². The third-order valence-corrected chi connectivity index (χ3v) is 9.52. The zero-order valence-corrected chi connectivity index (χ0v) is 30.3. The SMILES string of the molecule is CCN(CC)c1ccc(/C(=C\c2ccc(/C=C(\c3ccc(N(CC)CC)cc3)c3ccc(C)cc3C)cc2)c2ccc(C)cc2C)cc1. The van der Waals surface area contributed by atoms with E-state index in [1.54, 1.807) is 0 Å². The highest BCUT2D eigenvalue weighted by molar-refractivity contribution is 5.94. The van der Waals surface area contributed by atoms with Crippen molar-refractivity contribution in [3.63, 3.8) is 0 Å². The maximum absolute atomic E-state index is 2.39. The minimum atomic E-state index is 1.00. The van der Waals surface area contributed by atoms with Crippen LogP contribution >= 0.6 is 0 Å². The average Bonchev–Trinajstić information content (AvgIpc) is 3.09. The van der Waals surface area contributed by atoms with Crippen molar-refractivity contribution in [2.24, 2.45) is 0 Å². The van der Waals surface area contributed by atoms with Crippen molar-refractivity contribution in [2.75, 3.05) is 36.0 Å². The molecular weight excluding hydrogens is 581 g/mol. The topological polar surface area (TPSA) is 6.48 Å². The highest BCUT2D eigenvalue weighted by atomic mass is 15.1. The average molecular weight is 633 g/mol. The van der Waals surface area contributed by atoms with Crippen molar-refractivity contribution in [3.8, 4) is 0 Å². The summed E-state index contributed by atoms with van der Waals surface area (Å²) in [6.45, 7) is 21.6. The molecule has 0 bridgehead atoms. The summed E-state index contributed by atoms with van der Waals surface area (Å²) in [6, 6.07) is 40.7. The molecule has 5 aromatic carbocycles. The highest BCUT2D eigenvalue weighted by Gasteiger charge is 2.13. The Hall–Kier alpha value is -4.82. The first-order valence-corrected chi connectivity index (χ1v) is 17.6. The van der Waals surface area contributed by atoms with E-state index in [1.165, 1.54) is 78.2 Å². The van der Waals surface area contributed by atoms with Crippen LogP contribution in [0.2, 0.25) is 0 Å². The van der Waals surface area contributed by atoms with E-state index in [9.17, 15) is 0 Å². The van der Waals surface area contributed by atoms with Crippen LogP contribution in [0.4, 0.5) is 11.4 Å². The second-order valence-corrected chi connectivity index (χ2v) is 12.9. The van der Waals surface area contributed by atoms with Gasteiger partial charge in [-0.1, -0.05) is 96.1 Å². The molecule has 0 atom stereocenters. The van der Waals surface area contributed by atoms with E-state index >= 15 is 0 Å². The number of hydrogen-bond acceptors (Lipinski definition) is 2. The lowest BCUT2D eigenvalue weighted by Gasteiger charge is -2.21. The molecule has 0 aliphatic carbocycles. The van der Waals surface area contributed by atoms with Gasteiger partial charge in [0, 0.05) is 37.6 Å². The van der Waals surface area contributed by atoms with Gasteiger partial charge in [-0.15, -0.1) is 0 Å². The normalized spacial score (nSPS) is 11.9. The molecule has 0 spiro atoms. The first-order valence-electron chi connectivity index (χ1n) is 17.6. The van der Waals surface area contributed by atoms with E-state index in [0.29, 0.717) is 0 Å². The van der Waals surface area contributed by atoms with Gasteiger partial charge in [0.2, 0.25) is 0 Å². The summed E-state index contributed by atoms with van der Waals surface area (Å²) in [5.74, 6) is 0. The van der Waals surface area contributed by atoms with Gasteiger partial charge in [0.1, 0.15) is 0 Å². The number of hydrogen-bond donors (Lipinski definition) is 0. The molecule has 48 heavy (non-hydrogen) atoms. The Bertz CT molecular complexity index is 1730. The highest BCUT2D eigenvalue weighted by Crippen LogP contribution is 2.33. The summed E-state index contributed by atoms with van der Waals surface area (Å²) in [4.78, 5) is 4.78. The Labute approximate surface area is 290 Å². The molecule has 2 heteroatoms. The molecule has 0 N–H and O–H groups in total. The van der Waals surface area contributed by atoms with Crippen LogP contribution in [0.3, 0.4) is 0 Å². The molecule has 0 heterocycles. The summed E-state index contributed by atoms with van der Waals surface area (Å²) < 4.78 is 0. The van der Waals surface area contributed by atoms with Crippen LogP contribution in [0.5, 0.6) is 0 Å². The molecule has 0 unspecified atom stereocenters. The molecule has 0 amide bonds. The van der Waals surface area contributed by atoms with Gasteiger partial charge in [-0.05, 0) is 147 Å². The van der Waals surface area contributed by atoms with E-state index < -0.39 is 0 Å². The zero-order chi connectivity index (χ0) is 34.2. The second kappa shape index (κ2) is 15.8. The Morgan fingerprint density at radius 1 is 0.438 bits per heavy atom. The van der Waals surface area contributed by atoms with Crippen molar-refractivity contribution < 1.29 is 0 Å². The molecule has 0 aromatic heterocycles. The van der Waals surface area contributed by atoms with E-state index in [4.69, 9.17) is 0 Å². The minimum absolute atomic E-state index is 1.00. The molecule has 0 aliphatic heterocycles. The molecule has 0 saturated heterocycles. The molecule has 246 valence electrons. The van der Waals surface area contributed by atoms with Gasteiger partial charge in [-0.3, -0.25) is 0 Å². The first-order chi connectivity index (χ1) is 23.2. The van der Waals surface area contributed by atoms with E-state index in [-0.39, 0.29) is 0 Å². The van der Waals surface area contributed by atoms with E-state index in [1.807, 2.05) is 0 Å². The van der Waals surface area contributed by atoms with Gasteiger partial charge >= 0.3 is 0 Å². The number of anilines is 2. The van der Waals surface area contributed by atoms with Crippen LogP contribution in [0.25, 0.3) is 23.3 Å². The third kappa shape index (κ3) is 8.00. The van der Waals surface area contributed by atoms with Crippen molar-refractivity contribution in [2.45, 2.75) is 55.4 Å². The van der Waals surface area contributed by atoms with Crippen LogP contribution in [0.1, 0.15) is 83.3 Å². The molecule has 5 rings (SSSR count). The van der Waals surface area contributed by atoms with Gasteiger partial charge in [0.05, 0.1) is 0 Å². The van der Waals surface area contributed by atoms with Crippen LogP contribution in [-0.4, -0.2) is 26.2 Å². The predicted octanol–water partition coefficient (Wildman–Crippen LogP) is 11.8. The number of rotatable bonds is 12. The standard InChI is InChI=1S/C46H52N2/c1-9-47(10-2)41-23-19-39(20-24-41)45(43-27-13-33(5)29-35(43)7)31-37-15-17-38(18-16-37)32-46(44-28-14-34(6)30-36(44)8)40-21-25-42(26-22-40)48(11-3)12-4/h13-32H,9-12H2,1-8H3/b45-31+,46-32+. The summed E-state index contributed by atoms with van der Waals surface area (Å²) in [7, 11) is 0. The Kier molecular flexibility index (Phi) is 11.4. The third-order valence-electron chi connectivity index (χ3n) is 9.52. The Morgan fingerprint density at radius 3 is 1.06 bits per heavy atom. The predicted molar refractivity (Wildman–Crippen MR) is 212 cm³/mol. The van der Waals surface area contributed by atoms with E-state index in [2.05, 4.69) is 187 Å². The van der Waals surface area contributed by atoms with Gasteiger partial charge in [-0.25, -0.2) is 0 Å². The summed E-state index contributed by atoms with van der Waals surface area (Å²) in [5, 5.41) is 0. The van der Waals surface area contributed by atoms with Gasteiger partial charge < -0.3 is 9.80 Å². The summed E-state index contributed by atoms with van der Waals surface area (Å²) in [5.41, 5.74) is 17.5.